The predicted molar refractivity (Wildman–Crippen MR) is 258 cm³/mol. The minimum Gasteiger partial charge on any atom is -0.497 e. The highest BCUT2D eigenvalue weighted by molar-refractivity contribution is 5.90. The van der Waals surface area contributed by atoms with E-state index in [9.17, 15) is 14.7 Å². The first kappa shape index (κ1) is 53.6. The zero-order valence-corrected chi connectivity index (χ0v) is 40.6. The van der Waals surface area contributed by atoms with Gasteiger partial charge >= 0.3 is 11.9 Å². The molecule has 13 nitrogen and oxygen atoms in total. The summed E-state index contributed by atoms with van der Waals surface area (Å²) in [6.45, 7) is 11.5. The third-order valence-corrected chi connectivity index (χ3v) is 10.9. The molecule has 368 valence electrons. The van der Waals surface area contributed by atoms with Crippen molar-refractivity contribution in [2.24, 2.45) is 0 Å². The van der Waals surface area contributed by atoms with E-state index in [2.05, 4.69) is 6.92 Å². The number of aliphatic hydroxyl groups is 1. The number of esters is 2. The Labute approximate surface area is 402 Å². The van der Waals surface area contributed by atoms with Gasteiger partial charge in [0.1, 0.15) is 35.9 Å². The maximum absolute atomic E-state index is 12.8. The first-order chi connectivity index (χ1) is 32.8. The minimum atomic E-state index is -0.836. The molecule has 0 aromatic heterocycles. The molecule has 6 rings (SSSR count). The second-order valence-corrected chi connectivity index (χ2v) is 17.3. The zero-order chi connectivity index (χ0) is 48.8. The van der Waals surface area contributed by atoms with Crippen LogP contribution in [0.2, 0.25) is 0 Å². The molecule has 0 radical (unpaired) electrons. The highest BCUT2D eigenvalue weighted by Crippen LogP contribution is 2.35. The number of carbonyl (C=O) groups is 2. The molecule has 4 aromatic carbocycles. The second-order valence-electron chi connectivity index (χ2n) is 17.3. The van der Waals surface area contributed by atoms with Gasteiger partial charge in [0.2, 0.25) is 0 Å². The maximum atomic E-state index is 12.8. The summed E-state index contributed by atoms with van der Waals surface area (Å²) < 4.78 is 57.9. The summed E-state index contributed by atoms with van der Waals surface area (Å²) in [5.41, 5.74) is 3.11. The quantitative estimate of drug-likeness (QED) is 0.0404. The lowest BCUT2D eigenvalue weighted by molar-refractivity contribution is -0.153. The fraction of sp³-hybridized carbons (Fsp3) is 0.455. The zero-order valence-electron chi connectivity index (χ0n) is 40.6. The molecule has 6 atom stereocenters. The highest BCUT2D eigenvalue weighted by atomic mass is 16.8. The van der Waals surface area contributed by atoms with Gasteiger partial charge in [0, 0.05) is 6.61 Å². The van der Waals surface area contributed by atoms with Crippen LogP contribution in [0.1, 0.15) is 98.6 Å². The van der Waals surface area contributed by atoms with Crippen molar-refractivity contribution in [1.82, 2.24) is 0 Å². The Bertz CT molecular complexity index is 1970. The Hall–Kier alpha value is -5.38. The average Bonchev–Trinajstić information content (AvgIpc) is 3.83. The third kappa shape index (κ3) is 17.6. The van der Waals surface area contributed by atoms with E-state index in [0.29, 0.717) is 56.8 Å². The number of hydrogen-bond donors (Lipinski definition) is 1. The van der Waals surface area contributed by atoms with E-state index in [4.69, 9.17) is 47.4 Å². The van der Waals surface area contributed by atoms with Crippen molar-refractivity contribution in [3.8, 4) is 11.5 Å². The Balaban J connectivity index is 0.000000254. The van der Waals surface area contributed by atoms with Crippen molar-refractivity contribution in [2.45, 2.75) is 128 Å². The van der Waals surface area contributed by atoms with Crippen LogP contribution >= 0.6 is 0 Å². The van der Waals surface area contributed by atoms with Crippen LogP contribution in [-0.2, 0) is 51.1 Å². The van der Waals surface area contributed by atoms with E-state index in [1.165, 1.54) is 0 Å². The van der Waals surface area contributed by atoms with Gasteiger partial charge in [-0.3, -0.25) is 0 Å². The average molecular weight is 939 g/mol. The fourth-order valence-corrected chi connectivity index (χ4v) is 7.69. The normalized spacial score (nSPS) is 20.4. The van der Waals surface area contributed by atoms with Crippen LogP contribution in [0.5, 0.6) is 11.5 Å². The van der Waals surface area contributed by atoms with Gasteiger partial charge in [0.15, 0.2) is 11.6 Å². The molecule has 13 heteroatoms. The van der Waals surface area contributed by atoms with Gasteiger partial charge in [0.25, 0.3) is 0 Å². The van der Waals surface area contributed by atoms with Crippen molar-refractivity contribution in [2.75, 3.05) is 34.0 Å². The van der Waals surface area contributed by atoms with Crippen molar-refractivity contribution in [1.29, 1.82) is 0 Å². The first-order valence-corrected chi connectivity index (χ1v) is 23.4. The summed E-state index contributed by atoms with van der Waals surface area (Å²) >= 11 is 0. The first-order valence-electron chi connectivity index (χ1n) is 23.4. The number of aliphatic hydroxyl groups excluding tert-OH is 1. The van der Waals surface area contributed by atoms with E-state index in [1.807, 2.05) is 125 Å². The number of carbonyl (C=O) groups excluding carboxylic acids is 2. The topological polar surface area (TPSA) is 147 Å². The predicted octanol–water partition coefficient (Wildman–Crippen LogP) is 9.99. The summed E-state index contributed by atoms with van der Waals surface area (Å²) in [6.07, 6.45) is 8.40. The molecular weight excluding hydrogens is 869 g/mol. The van der Waals surface area contributed by atoms with Crippen LogP contribution in [0.3, 0.4) is 0 Å². The summed E-state index contributed by atoms with van der Waals surface area (Å²) in [5, 5.41) is 9.47. The number of benzene rings is 4. The number of methoxy groups -OCH3 is 2. The molecule has 0 spiro atoms. The molecular formula is C55H70O13. The van der Waals surface area contributed by atoms with Crippen LogP contribution in [0.25, 0.3) is 0 Å². The third-order valence-electron chi connectivity index (χ3n) is 10.9. The van der Waals surface area contributed by atoms with E-state index >= 15 is 0 Å². The number of rotatable bonds is 24. The van der Waals surface area contributed by atoms with Crippen molar-refractivity contribution < 1.29 is 62.1 Å². The molecule has 0 aliphatic carbocycles. The smallest absolute Gasteiger partial charge is 0.338 e. The molecule has 0 amide bonds. The molecule has 1 N–H and O–H groups in total. The fourth-order valence-electron chi connectivity index (χ4n) is 7.69. The lowest BCUT2D eigenvalue weighted by Crippen LogP contribution is -2.38. The molecule has 4 aromatic rings. The molecule has 2 heterocycles. The molecule has 2 fully saturated rings. The molecule has 68 heavy (non-hydrogen) atoms. The standard InChI is InChI=1S/C28H36O6.C27H34O7/c1-5-11-25-26(34-28(2,3)33-25)24(32-27(29)22-12-7-6-8-13-22)14-9-10-19-31-20-21-15-17-23(30-4)18-16-21;1-27(2)33-24(16-17-28)25(34-27)23(32-26(29)21-9-5-4-6-10-21)11-7-8-18-31-19-20-12-14-22(30-3)15-13-20/h6-9,12-18,24-26H,5,10-11,19-20H2,1-4H3;4-7,9-15,23-25,28H,8,16-19H2,1-3H3/b14-9-;11-7-/t24?,25-,26+;23?,24-,25+/m00/s1. The van der Waals surface area contributed by atoms with Gasteiger partial charge in [-0.25, -0.2) is 9.59 Å². The molecule has 2 saturated heterocycles. The van der Waals surface area contributed by atoms with Crippen molar-refractivity contribution >= 4 is 11.9 Å². The van der Waals surface area contributed by atoms with Crippen LogP contribution in [-0.4, -0.2) is 99.3 Å². The van der Waals surface area contributed by atoms with Crippen LogP contribution in [0.15, 0.2) is 133 Å². The largest absolute Gasteiger partial charge is 0.497 e. The molecule has 0 bridgehead atoms. The lowest BCUT2D eigenvalue weighted by Gasteiger charge is -2.24. The van der Waals surface area contributed by atoms with Crippen molar-refractivity contribution in [3.63, 3.8) is 0 Å². The number of hydrogen-bond acceptors (Lipinski definition) is 13. The summed E-state index contributed by atoms with van der Waals surface area (Å²) in [4.78, 5) is 25.5. The summed E-state index contributed by atoms with van der Waals surface area (Å²) in [7, 11) is 3.29. The monoisotopic (exact) mass is 938 g/mol. The maximum Gasteiger partial charge on any atom is 0.338 e. The van der Waals surface area contributed by atoms with E-state index in [1.54, 1.807) is 50.6 Å². The van der Waals surface area contributed by atoms with E-state index in [0.717, 1.165) is 35.5 Å². The molecule has 2 aliphatic rings. The summed E-state index contributed by atoms with van der Waals surface area (Å²) in [5.74, 6) is -0.750. The highest BCUT2D eigenvalue weighted by Gasteiger charge is 2.46. The Morgan fingerprint density at radius 1 is 0.588 bits per heavy atom. The Kier molecular flexibility index (Phi) is 21.7. The van der Waals surface area contributed by atoms with Crippen molar-refractivity contribution in [3.05, 3.63) is 156 Å². The van der Waals surface area contributed by atoms with Gasteiger partial charge in [-0.15, -0.1) is 0 Å². The van der Waals surface area contributed by atoms with E-state index < -0.39 is 42.0 Å². The van der Waals surface area contributed by atoms with Gasteiger partial charge < -0.3 is 52.5 Å². The van der Waals surface area contributed by atoms with E-state index in [-0.39, 0.29) is 24.8 Å². The summed E-state index contributed by atoms with van der Waals surface area (Å²) in [6, 6.07) is 33.4. The molecule has 0 saturated carbocycles. The SMILES string of the molecule is CCC[C@@H]1OC(C)(C)O[C@@H]1C(/C=C\CCOCc1ccc(OC)cc1)OC(=O)c1ccccc1.COc1ccc(COCC/C=C\C(OC(=O)c2ccccc2)[C@H]2OC(C)(C)O[C@H]2CCO)cc1. The Morgan fingerprint density at radius 3 is 1.35 bits per heavy atom. The lowest BCUT2D eigenvalue weighted by atomic mass is 10.0. The van der Waals surface area contributed by atoms with Gasteiger partial charge in [0.05, 0.1) is 64.0 Å². The molecule has 2 aliphatic heterocycles. The number of ether oxygens (including phenoxy) is 10. The molecule has 2 unspecified atom stereocenters. The Morgan fingerprint density at radius 2 is 0.985 bits per heavy atom. The minimum absolute atomic E-state index is 0.0527. The van der Waals surface area contributed by atoms with Crippen LogP contribution in [0.4, 0.5) is 0 Å². The second kappa shape index (κ2) is 27.6. The van der Waals surface area contributed by atoms with Gasteiger partial charge in [-0.05, 0) is 125 Å². The van der Waals surface area contributed by atoms with Crippen LogP contribution < -0.4 is 9.47 Å². The van der Waals surface area contributed by atoms with Crippen LogP contribution in [0, 0.1) is 0 Å². The van der Waals surface area contributed by atoms with Gasteiger partial charge in [-0.1, -0.05) is 86.2 Å². The van der Waals surface area contributed by atoms with Gasteiger partial charge in [-0.2, -0.15) is 0 Å².